The molecule has 0 aromatic heterocycles. The Balaban J connectivity index is 2.15. The first kappa shape index (κ1) is 20.4. The maximum atomic E-state index is 12.8. The lowest BCUT2D eigenvalue weighted by Gasteiger charge is -2.17. The summed E-state index contributed by atoms with van der Waals surface area (Å²) in [4.78, 5) is 12.3. The summed E-state index contributed by atoms with van der Waals surface area (Å²) in [6.45, 7) is 5.08. The zero-order valence-electron chi connectivity index (χ0n) is 14.2. The Morgan fingerprint density at radius 2 is 1.69 bits per heavy atom. The van der Waals surface area contributed by atoms with Crippen molar-refractivity contribution in [2.24, 2.45) is 0 Å². The highest BCUT2D eigenvalue weighted by Crippen LogP contribution is 2.34. The summed E-state index contributed by atoms with van der Waals surface area (Å²) < 4.78 is 44.0. The van der Waals surface area contributed by atoms with Crippen LogP contribution in [0.3, 0.4) is 0 Å². The lowest BCUT2D eigenvalue weighted by atomic mass is 10.1. The minimum Gasteiger partial charge on any atom is -0.481 e. The molecular formula is C18H16Cl2F3NO2. The fourth-order valence-electron chi connectivity index (χ4n) is 2.26. The van der Waals surface area contributed by atoms with Crippen LogP contribution in [0.1, 0.15) is 23.6 Å². The number of ether oxygens (including phenoxy) is 1. The topological polar surface area (TPSA) is 38.3 Å². The molecular weight excluding hydrogens is 390 g/mol. The van der Waals surface area contributed by atoms with Crippen LogP contribution in [-0.2, 0) is 11.0 Å². The van der Waals surface area contributed by atoms with E-state index < -0.39 is 23.8 Å². The number of hydrogen-bond donors (Lipinski definition) is 1. The van der Waals surface area contributed by atoms with E-state index in [4.69, 9.17) is 27.9 Å². The molecule has 26 heavy (non-hydrogen) atoms. The van der Waals surface area contributed by atoms with Crippen LogP contribution in [0, 0.1) is 13.8 Å². The molecule has 0 spiro atoms. The predicted molar refractivity (Wildman–Crippen MR) is 96.1 cm³/mol. The molecule has 0 fully saturated rings. The molecule has 2 aromatic carbocycles. The van der Waals surface area contributed by atoms with Crippen LogP contribution in [0.15, 0.2) is 30.3 Å². The van der Waals surface area contributed by atoms with Crippen molar-refractivity contribution >= 4 is 34.8 Å². The van der Waals surface area contributed by atoms with Crippen LogP contribution in [-0.4, -0.2) is 12.0 Å². The van der Waals surface area contributed by atoms with Gasteiger partial charge in [0.25, 0.3) is 5.91 Å². The minimum absolute atomic E-state index is 0.00303. The van der Waals surface area contributed by atoms with Crippen LogP contribution in [0.5, 0.6) is 5.75 Å². The number of benzene rings is 2. The van der Waals surface area contributed by atoms with Crippen molar-refractivity contribution in [2.75, 3.05) is 5.32 Å². The van der Waals surface area contributed by atoms with Crippen LogP contribution in [0.4, 0.5) is 18.9 Å². The van der Waals surface area contributed by atoms with E-state index in [1.54, 1.807) is 26.0 Å². The average molecular weight is 406 g/mol. The second kappa shape index (κ2) is 7.76. The first-order chi connectivity index (χ1) is 12.0. The van der Waals surface area contributed by atoms with Crippen molar-refractivity contribution < 1.29 is 22.7 Å². The number of amides is 1. The largest absolute Gasteiger partial charge is 0.481 e. The Morgan fingerprint density at radius 3 is 2.23 bits per heavy atom. The van der Waals surface area contributed by atoms with Gasteiger partial charge >= 0.3 is 6.18 Å². The highest BCUT2D eigenvalue weighted by Gasteiger charge is 2.31. The number of carbonyl (C=O) groups is 1. The Kier molecular flexibility index (Phi) is 6.09. The SMILES string of the molecule is Cc1cc(O[C@@H](C)C(=O)Nc2cc(C(F)(F)F)ccc2Cl)cc(C)c1Cl. The molecule has 0 saturated carbocycles. The van der Waals surface area contributed by atoms with Crippen molar-refractivity contribution in [3.8, 4) is 5.75 Å². The number of alkyl halides is 3. The maximum absolute atomic E-state index is 12.8. The van der Waals surface area contributed by atoms with E-state index in [0.29, 0.717) is 10.8 Å². The third kappa shape index (κ3) is 4.83. The van der Waals surface area contributed by atoms with E-state index in [1.807, 2.05) is 0 Å². The molecule has 2 aromatic rings. The van der Waals surface area contributed by atoms with E-state index in [1.165, 1.54) is 6.92 Å². The Morgan fingerprint density at radius 1 is 1.12 bits per heavy atom. The van der Waals surface area contributed by atoms with Crippen LogP contribution < -0.4 is 10.1 Å². The summed E-state index contributed by atoms with van der Waals surface area (Å²) in [6, 6.07) is 6.06. The normalized spacial score (nSPS) is 12.6. The molecule has 0 bridgehead atoms. The number of hydrogen-bond acceptors (Lipinski definition) is 2. The summed E-state index contributed by atoms with van der Waals surface area (Å²) in [5.41, 5.74) is 0.533. The average Bonchev–Trinajstić information content (AvgIpc) is 2.53. The van der Waals surface area contributed by atoms with Crippen molar-refractivity contribution in [2.45, 2.75) is 33.1 Å². The van der Waals surface area contributed by atoms with Gasteiger partial charge in [0.05, 0.1) is 16.3 Å². The molecule has 0 heterocycles. The molecule has 0 unspecified atom stereocenters. The second-order valence-electron chi connectivity index (χ2n) is 5.81. The zero-order valence-corrected chi connectivity index (χ0v) is 15.7. The van der Waals surface area contributed by atoms with Gasteiger partial charge in [0.15, 0.2) is 6.10 Å². The van der Waals surface area contributed by atoms with Gasteiger partial charge in [-0.3, -0.25) is 4.79 Å². The number of aryl methyl sites for hydroxylation is 2. The molecule has 1 amide bonds. The van der Waals surface area contributed by atoms with Crippen LogP contribution in [0.2, 0.25) is 10.0 Å². The molecule has 0 aliphatic heterocycles. The third-order valence-electron chi connectivity index (χ3n) is 3.64. The van der Waals surface area contributed by atoms with Gasteiger partial charge in [-0.25, -0.2) is 0 Å². The Hall–Kier alpha value is -1.92. The maximum Gasteiger partial charge on any atom is 0.416 e. The van der Waals surface area contributed by atoms with Gasteiger partial charge in [0, 0.05) is 5.02 Å². The van der Waals surface area contributed by atoms with Gasteiger partial charge < -0.3 is 10.1 Å². The molecule has 1 atom stereocenters. The molecule has 0 radical (unpaired) electrons. The highest BCUT2D eigenvalue weighted by molar-refractivity contribution is 6.33. The van der Waals surface area contributed by atoms with E-state index >= 15 is 0 Å². The molecule has 0 aliphatic carbocycles. The van der Waals surface area contributed by atoms with E-state index in [9.17, 15) is 18.0 Å². The smallest absolute Gasteiger partial charge is 0.416 e. The van der Waals surface area contributed by atoms with Crippen LogP contribution >= 0.6 is 23.2 Å². The lowest BCUT2D eigenvalue weighted by Crippen LogP contribution is -2.30. The number of carbonyl (C=O) groups excluding carboxylic acids is 1. The van der Waals surface area contributed by atoms with E-state index in [2.05, 4.69) is 5.32 Å². The van der Waals surface area contributed by atoms with Crippen molar-refractivity contribution in [3.63, 3.8) is 0 Å². The minimum atomic E-state index is -4.54. The zero-order chi connectivity index (χ0) is 19.6. The summed E-state index contributed by atoms with van der Waals surface area (Å²) >= 11 is 12.0. The van der Waals surface area contributed by atoms with Crippen molar-refractivity contribution in [3.05, 3.63) is 57.1 Å². The lowest BCUT2D eigenvalue weighted by molar-refractivity contribution is -0.137. The monoisotopic (exact) mass is 405 g/mol. The fraction of sp³-hybridized carbons (Fsp3) is 0.278. The number of halogens is 5. The standard InChI is InChI=1S/C18H16Cl2F3NO2/c1-9-6-13(7-10(2)16(9)20)26-11(3)17(25)24-15-8-12(18(21,22)23)4-5-14(15)19/h4-8,11H,1-3H3,(H,24,25)/t11-/m0/s1. The van der Waals surface area contributed by atoms with Crippen molar-refractivity contribution in [1.29, 1.82) is 0 Å². The van der Waals surface area contributed by atoms with Gasteiger partial charge in [0.2, 0.25) is 0 Å². The summed E-state index contributed by atoms with van der Waals surface area (Å²) in [5, 5.41) is 2.96. The highest BCUT2D eigenvalue weighted by atomic mass is 35.5. The molecule has 0 saturated heterocycles. The fourth-order valence-corrected chi connectivity index (χ4v) is 2.54. The molecule has 140 valence electrons. The van der Waals surface area contributed by atoms with Crippen LogP contribution in [0.25, 0.3) is 0 Å². The molecule has 3 nitrogen and oxygen atoms in total. The predicted octanol–water partition coefficient (Wildman–Crippen LogP) is 6.04. The Bertz CT molecular complexity index is 815. The summed E-state index contributed by atoms with van der Waals surface area (Å²) in [6.07, 6.45) is -5.49. The van der Waals surface area contributed by atoms with E-state index in [-0.39, 0.29) is 10.7 Å². The first-order valence-corrected chi connectivity index (χ1v) is 8.35. The molecule has 2 rings (SSSR count). The number of nitrogens with one attached hydrogen (secondary N) is 1. The van der Waals surface area contributed by atoms with Gasteiger partial charge in [-0.2, -0.15) is 13.2 Å². The number of rotatable bonds is 4. The Labute approximate surface area is 159 Å². The third-order valence-corrected chi connectivity index (χ3v) is 4.57. The van der Waals surface area contributed by atoms with E-state index in [0.717, 1.165) is 29.3 Å². The molecule has 1 N–H and O–H groups in total. The second-order valence-corrected chi connectivity index (χ2v) is 6.60. The summed E-state index contributed by atoms with van der Waals surface area (Å²) in [7, 11) is 0. The molecule has 0 aliphatic rings. The van der Waals surface area contributed by atoms with Gasteiger partial charge in [0.1, 0.15) is 5.75 Å². The number of anilines is 1. The molecule has 8 heteroatoms. The van der Waals surface area contributed by atoms with Crippen molar-refractivity contribution in [1.82, 2.24) is 0 Å². The van der Waals surface area contributed by atoms with Gasteiger partial charge in [-0.15, -0.1) is 0 Å². The first-order valence-electron chi connectivity index (χ1n) is 7.60. The summed E-state index contributed by atoms with van der Waals surface area (Å²) in [5.74, 6) is -0.196. The van der Waals surface area contributed by atoms with Gasteiger partial charge in [-0.1, -0.05) is 23.2 Å². The van der Waals surface area contributed by atoms with Gasteiger partial charge in [-0.05, 0) is 62.2 Å². The quantitative estimate of drug-likeness (QED) is 0.673.